The largest absolute Gasteiger partial charge is 0.493 e. The van der Waals surface area contributed by atoms with Gasteiger partial charge in [0.25, 0.3) is 0 Å². The van der Waals surface area contributed by atoms with Gasteiger partial charge in [-0.05, 0) is 55.2 Å². The fourth-order valence-electron chi connectivity index (χ4n) is 3.89. The number of nitrogens with one attached hydrogen (secondary N) is 1. The minimum Gasteiger partial charge on any atom is -0.493 e. The predicted molar refractivity (Wildman–Crippen MR) is 145 cm³/mol. The summed E-state index contributed by atoms with van der Waals surface area (Å²) in [5.41, 5.74) is 7.50. The highest BCUT2D eigenvalue weighted by Crippen LogP contribution is 2.31. The second-order valence-electron chi connectivity index (χ2n) is 9.39. The summed E-state index contributed by atoms with van der Waals surface area (Å²) in [6.07, 6.45) is 3.47. The molecule has 0 spiro atoms. The molecule has 1 amide bonds. The Kier molecular flexibility index (Phi) is 18.0. The molecule has 0 heterocycles. The minimum atomic E-state index is -0.789. The maximum atomic E-state index is 12.2. The van der Waals surface area contributed by atoms with Crippen molar-refractivity contribution in [3.05, 3.63) is 29.8 Å². The van der Waals surface area contributed by atoms with E-state index in [4.69, 9.17) is 19.9 Å². The zero-order valence-corrected chi connectivity index (χ0v) is 23.1. The second-order valence-corrected chi connectivity index (χ2v) is 9.39. The molecular weight excluding hydrogens is 484 g/mol. The van der Waals surface area contributed by atoms with Gasteiger partial charge in [0, 0.05) is 44.7 Å². The first-order valence-electron chi connectivity index (χ1n) is 12.4. The van der Waals surface area contributed by atoms with Crippen LogP contribution in [0, 0.1) is 17.8 Å². The SMILES string of the molecule is COCCCOc1cc(C[C@@H](C[C@H](N)[C@@H](O)C[C@@H](C)C(=O)NCCC=C=O)C(C)C)ccc1OC.Cl. The van der Waals surface area contributed by atoms with Crippen molar-refractivity contribution >= 4 is 24.3 Å². The molecule has 36 heavy (non-hydrogen) atoms. The van der Waals surface area contributed by atoms with Crippen LogP contribution in [0.4, 0.5) is 0 Å². The Balaban J connectivity index is 0.0000122. The Morgan fingerprint density at radius 1 is 1.17 bits per heavy atom. The summed E-state index contributed by atoms with van der Waals surface area (Å²) < 4.78 is 16.4. The van der Waals surface area contributed by atoms with Crippen LogP contribution in [0.25, 0.3) is 0 Å². The van der Waals surface area contributed by atoms with Gasteiger partial charge in [0.15, 0.2) is 11.5 Å². The van der Waals surface area contributed by atoms with Crippen molar-refractivity contribution in [3.8, 4) is 11.5 Å². The van der Waals surface area contributed by atoms with Crippen molar-refractivity contribution in [1.29, 1.82) is 0 Å². The third-order valence-corrected chi connectivity index (χ3v) is 6.20. The molecule has 206 valence electrons. The fourth-order valence-corrected chi connectivity index (χ4v) is 3.89. The van der Waals surface area contributed by atoms with Crippen molar-refractivity contribution in [2.24, 2.45) is 23.5 Å². The third kappa shape index (κ3) is 12.7. The van der Waals surface area contributed by atoms with Gasteiger partial charge in [0.1, 0.15) is 5.94 Å². The zero-order chi connectivity index (χ0) is 26.2. The van der Waals surface area contributed by atoms with Crippen LogP contribution in [0.3, 0.4) is 0 Å². The normalized spacial score (nSPS) is 14.1. The molecule has 0 unspecified atom stereocenters. The lowest BCUT2D eigenvalue weighted by Crippen LogP contribution is -2.41. The molecule has 0 bridgehead atoms. The van der Waals surface area contributed by atoms with Gasteiger partial charge in [-0.15, -0.1) is 12.4 Å². The zero-order valence-electron chi connectivity index (χ0n) is 22.3. The van der Waals surface area contributed by atoms with Gasteiger partial charge in [-0.1, -0.05) is 26.8 Å². The molecule has 4 N–H and O–H groups in total. The highest BCUT2D eigenvalue weighted by molar-refractivity contribution is 5.85. The van der Waals surface area contributed by atoms with Crippen LogP contribution in [0.5, 0.6) is 11.5 Å². The molecular formula is C27H45ClN2O6. The summed E-state index contributed by atoms with van der Waals surface area (Å²) in [7, 11) is 3.29. The van der Waals surface area contributed by atoms with Crippen LogP contribution in [0.2, 0.25) is 0 Å². The smallest absolute Gasteiger partial charge is 0.222 e. The number of nitrogens with two attached hydrogens (primary N) is 1. The van der Waals surface area contributed by atoms with Gasteiger partial charge < -0.3 is 30.4 Å². The Morgan fingerprint density at radius 2 is 1.89 bits per heavy atom. The highest BCUT2D eigenvalue weighted by atomic mass is 35.5. The van der Waals surface area contributed by atoms with Gasteiger partial charge in [-0.3, -0.25) is 4.79 Å². The summed E-state index contributed by atoms with van der Waals surface area (Å²) in [4.78, 5) is 22.4. The van der Waals surface area contributed by atoms with E-state index < -0.39 is 12.1 Å². The number of hydrogen-bond acceptors (Lipinski definition) is 7. The van der Waals surface area contributed by atoms with Crippen molar-refractivity contribution in [2.75, 3.05) is 34.0 Å². The lowest BCUT2D eigenvalue weighted by atomic mass is 9.82. The van der Waals surface area contributed by atoms with E-state index >= 15 is 0 Å². The predicted octanol–water partition coefficient (Wildman–Crippen LogP) is 3.35. The van der Waals surface area contributed by atoms with Gasteiger partial charge >= 0.3 is 0 Å². The number of halogens is 1. The van der Waals surface area contributed by atoms with Gasteiger partial charge in [-0.25, -0.2) is 4.79 Å². The van der Waals surface area contributed by atoms with Crippen molar-refractivity contribution in [3.63, 3.8) is 0 Å². The van der Waals surface area contributed by atoms with Crippen LogP contribution >= 0.6 is 12.4 Å². The average molecular weight is 529 g/mol. The average Bonchev–Trinajstić information content (AvgIpc) is 2.83. The molecule has 0 aromatic heterocycles. The molecule has 1 aromatic rings. The maximum absolute atomic E-state index is 12.2. The minimum absolute atomic E-state index is 0. The van der Waals surface area contributed by atoms with E-state index in [1.54, 1.807) is 27.1 Å². The third-order valence-electron chi connectivity index (χ3n) is 6.20. The molecule has 0 saturated carbocycles. The maximum Gasteiger partial charge on any atom is 0.222 e. The first-order valence-corrected chi connectivity index (χ1v) is 12.4. The molecule has 0 aliphatic carbocycles. The lowest BCUT2D eigenvalue weighted by Gasteiger charge is -2.28. The molecule has 4 atom stereocenters. The number of rotatable bonds is 18. The molecule has 0 aliphatic heterocycles. The number of amides is 1. The van der Waals surface area contributed by atoms with E-state index in [-0.39, 0.29) is 36.6 Å². The number of ether oxygens (including phenoxy) is 3. The van der Waals surface area contributed by atoms with Gasteiger partial charge in [-0.2, -0.15) is 0 Å². The summed E-state index contributed by atoms with van der Waals surface area (Å²) >= 11 is 0. The second kappa shape index (κ2) is 19.1. The van der Waals surface area contributed by atoms with Crippen LogP contribution in [0.15, 0.2) is 24.3 Å². The number of aliphatic hydroxyl groups is 1. The Labute approximate surface area is 222 Å². The van der Waals surface area contributed by atoms with Crippen LogP contribution < -0.4 is 20.5 Å². The van der Waals surface area contributed by atoms with Gasteiger partial charge in [0.05, 0.1) is 19.8 Å². The Morgan fingerprint density at radius 3 is 2.50 bits per heavy atom. The van der Waals surface area contributed by atoms with E-state index in [0.29, 0.717) is 50.0 Å². The fraction of sp³-hybridized carbons (Fsp3) is 0.667. The highest BCUT2D eigenvalue weighted by Gasteiger charge is 2.26. The number of aliphatic hydroxyl groups excluding tert-OH is 1. The lowest BCUT2D eigenvalue weighted by molar-refractivity contribution is -0.125. The number of benzene rings is 1. The van der Waals surface area contributed by atoms with Crippen LogP contribution in [-0.4, -0.2) is 63.1 Å². The molecule has 1 rings (SSSR count). The van der Waals surface area contributed by atoms with Crippen molar-refractivity contribution in [2.45, 2.75) is 65.0 Å². The van der Waals surface area contributed by atoms with Crippen LogP contribution in [-0.2, 0) is 20.7 Å². The van der Waals surface area contributed by atoms with Crippen LogP contribution in [0.1, 0.15) is 52.0 Å². The molecule has 0 aliphatic rings. The number of hydrogen-bond donors (Lipinski definition) is 3. The quantitative estimate of drug-likeness (QED) is 0.197. The molecule has 8 nitrogen and oxygen atoms in total. The van der Waals surface area contributed by atoms with E-state index in [0.717, 1.165) is 18.4 Å². The summed E-state index contributed by atoms with van der Waals surface area (Å²) in [6, 6.07) is 5.51. The molecule has 0 fully saturated rings. The summed E-state index contributed by atoms with van der Waals surface area (Å²) in [6.45, 7) is 7.62. The molecule has 0 saturated heterocycles. The molecule has 0 radical (unpaired) electrons. The van der Waals surface area contributed by atoms with Gasteiger partial charge in [0.2, 0.25) is 5.91 Å². The Hall–Kier alpha value is -2.09. The Bertz CT molecular complexity index is 800. The monoisotopic (exact) mass is 528 g/mol. The van der Waals surface area contributed by atoms with Crippen molar-refractivity contribution < 1.29 is 28.9 Å². The number of carbonyl (C=O) groups is 1. The summed E-state index contributed by atoms with van der Waals surface area (Å²) in [5.74, 6) is 3.14. The standard InChI is InChI=1S/C27H44N2O6.ClH/c1-19(2)22(16-21-9-10-25(34-5)26(17-21)35-14-8-13-33-4)18-23(28)24(31)15-20(3)27(32)29-11-6-7-12-30;/h7,9-10,17,19-20,22-24,31H,6,8,11,13-16,18,28H2,1-5H3,(H,29,32);1H/t20-,22+,23+,24+;/m1./s1. The first-order chi connectivity index (χ1) is 16.7. The van der Waals surface area contributed by atoms with E-state index in [9.17, 15) is 14.7 Å². The first kappa shape index (κ1) is 33.9. The van der Waals surface area contributed by atoms with E-state index in [1.165, 1.54) is 6.08 Å². The topological polar surface area (TPSA) is 120 Å². The van der Waals surface area contributed by atoms with E-state index in [1.807, 2.05) is 18.2 Å². The molecule has 1 aromatic carbocycles. The van der Waals surface area contributed by atoms with E-state index in [2.05, 4.69) is 19.2 Å². The molecule has 9 heteroatoms. The summed E-state index contributed by atoms with van der Waals surface area (Å²) in [5, 5.41) is 13.4. The van der Waals surface area contributed by atoms with Crippen molar-refractivity contribution in [1.82, 2.24) is 5.32 Å². The number of methoxy groups -OCH3 is 2. The number of carbonyl (C=O) groups excluding carboxylic acids is 2.